The normalized spacial score (nSPS) is 15.7. The average molecular weight is 498 g/mol. The van der Waals surface area contributed by atoms with Gasteiger partial charge in [-0.3, -0.25) is 5.14 Å². The summed E-state index contributed by atoms with van der Waals surface area (Å²) in [6.07, 6.45) is 2.37. The van der Waals surface area contributed by atoms with Crippen LogP contribution in [-0.2, 0) is 0 Å². The molecule has 1 aromatic carbocycles. The number of halogens is 3. The van der Waals surface area contributed by atoms with Gasteiger partial charge in [0.15, 0.2) is 0 Å². The average Bonchev–Trinajstić information content (AvgIpc) is 2.72. The number of nitrogens with zero attached hydrogens (tertiary/aromatic N) is 3. The van der Waals surface area contributed by atoms with Gasteiger partial charge in [-0.2, -0.15) is 0 Å². The number of anilines is 2. The van der Waals surface area contributed by atoms with Gasteiger partial charge >= 0.3 is 29.6 Å². The van der Waals surface area contributed by atoms with Crippen molar-refractivity contribution in [2.45, 2.75) is 17.4 Å². The summed E-state index contributed by atoms with van der Waals surface area (Å²) in [6.45, 7) is 4.43. The molecule has 4 rings (SSSR count). The summed E-state index contributed by atoms with van der Waals surface area (Å²) in [5.74, 6) is 5.57. The summed E-state index contributed by atoms with van der Waals surface area (Å²) >= 11 is 6.14. The molecule has 1 fully saturated rings. The van der Waals surface area contributed by atoms with Crippen LogP contribution in [0.15, 0.2) is 54.2 Å². The Morgan fingerprint density at radius 2 is 2.00 bits per heavy atom. The molecule has 1 aliphatic heterocycles. The zero-order valence-corrected chi connectivity index (χ0v) is 21.9. The monoisotopic (exact) mass is 497 g/mol. The molecule has 2 aromatic heterocycles. The molecule has 0 bridgehead atoms. The Labute approximate surface area is 219 Å². The second-order valence-corrected chi connectivity index (χ2v) is 10.5. The molecule has 168 valence electrons. The van der Waals surface area contributed by atoms with Gasteiger partial charge in [-0.25, -0.2) is 25.2 Å². The molecule has 0 saturated carbocycles. The molecule has 0 unspecified atom stereocenters. The van der Waals surface area contributed by atoms with E-state index in [0.29, 0.717) is 38.3 Å². The molecule has 0 amide bonds. The van der Waals surface area contributed by atoms with Gasteiger partial charge in [0.2, 0.25) is 0 Å². The van der Waals surface area contributed by atoms with Crippen molar-refractivity contribution in [3.63, 3.8) is 0 Å². The first kappa shape index (κ1) is 25.9. The molecule has 5 nitrogen and oxygen atoms in total. The smallest absolute Gasteiger partial charge is 0.386 e. The quantitative estimate of drug-likeness (QED) is 0.322. The number of hydrogen-bond acceptors (Lipinski definition) is 5. The summed E-state index contributed by atoms with van der Waals surface area (Å²) in [7, 11) is -1.98. The summed E-state index contributed by atoms with van der Waals surface area (Å²) in [5.41, 5.74) is 2.66. The standard InChI is InChI=1S/C23H23ClF2N5S.Na/c1-15(29-18-6-9-28-21(14-18)32(2,3)27)19-12-16-4-5-17(24)13-20(16)30-22(19)31-10-7-23(25,26)8-11-31;/h4-7,9,12-14H,1-3,8,10-11,27H2,(H,28,29);/q-1;+1. The van der Waals surface area contributed by atoms with Crippen molar-refractivity contribution in [1.29, 1.82) is 0 Å². The number of alkyl halides is 2. The van der Waals surface area contributed by atoms with Crippen LogP contribution in [0.3, 0.4) is 0 Å². The Morgan fingerprint density at radius 1 is 1.24 bits per heavy atom. The van der Waals surface area contributed by atoms with Crippen LogP contribution >= 0.6 is 21.0 Å². The van der Waals surface area contributed by atoms with E-state index < -0.39 is 15.3 Å². The molecule has 10 heteroatoms. The maximum absolute atomic E-state index is 13.7. The Hall–Kier alpha value is -1.68. The van der Waals surface area contributed by atoms with E-state index in [0.717, 1.165) is 11.8 Å². The molecule has 0 spiro atoms. The van der Waals surface area contributed by atoms with Crippen molar-refractivity contribution in [3.8, 4) is 0 Å². The maximum Gasteiger partial charge on any atom is 1.00 e. The number of aromatic nitrogens is 2. The van der Waals surface area contributed by atoms with E-state index in [9.17, 15) is 8.78 Å². The maximum atomic E-state index is 13.7. The SMILES string of the molecule is C=C(Nc1ccnc(S(=C)(=C)N)c1)c1cc2ccc(Cl)cc2nc1N1C[CH-]C(F)(F)CC1.[Na+]. The molecule has 1 saturated heterocycles. The van der Waals surface area contributed by atoms with Gasteiger partial charge < -0.3 is 10.2 Å². The van der Waals surface area contributed by atoms with Gasteiger partial charge in [0.1, 0.15) is 11.7 Å². The van der Waals surface area contributed by atoms with E-state index in [4.69, 9.17) is 21.7 Å². The molecular formula is C23H23ClF2N5NaS. The predicted molar refractivity (Wildman–Crippen MR) is 134 cm³/mol. The Kier molecular flexibility index (Phi) is 7.78. The molecular weight excluding hydrogens is 475 g/mol. The van der Waals surface area contributed by atoms with Crippen LogP contribution in [0, 0.1) is 6.42 Å². The number of nitrogens with one attached hydrogen (secondary N) is 1. The molecule has 33 heavy (non-hydrogen) atoms. The Balaban J connectivity index is 0.00000306. The second-order valence-electron chi connectivity index (χ2n) is 7.79. The number of hydrogen-bond donors (Lipinski definition) is 2. The fourth-order valence-electron chi connectivity index (χ4n) is 3.46. The van der Waals surface area contributed by atoms with Gasteiger partial charge in [-0.15, -0.1) is 9.39 Å². The largest absolute Gasteiger partial charge is 1.00 e. The zero-order valence-electron chi connectivity index (χ0n) is 18.3. The van der Waals surface area contributed by atoms with Crippen LogP contribution in [0.4, 0.5) is 20.3 Å². The van der Waals surface area contributed by atoms with Crippen molar-refractivity contribution in [2.24, 2.45) is 5.14 Å². The number of nitrogens with two attached hydrogens (primary N) is 1. The van der Waals surface area contributed by atoms with Gasteiger partial charge in [-0.05, 0) is 36.8 Å². The molecule has 3 aromatic rings. The van der Waals surface area contributed by atoms with Crippen molar-refractivity contribution in [3.05, 3.63) is 66.2 Å². The minimum atomic E-state index is -2.78. The van der Waals surface area contributed by atoms with E-state index in [1.807, 2.05) is 17.0 Å². The van der Waals surface area contributed by atoms with E-state index in [-0.39, 0.29) is 49.1 Å². The second kappa shape index (κ2) is 9.90. The van der Waals surface area contributed by atoms with Crippen LogP contribution in [0.2, 0.25) is 5.02 Å². The topological polar surface area (TPSA) is 67.1 Å². The van der Waals surface area contributed by atoms with Crippen LogP contribution in [0.1, 0.15) is 12.0 Å². The molecule has 1 aliphatic rings. The van der Waals surface area contributed by atoms with Gasteiger partial charge in [-0.1, -0.05) is 42.5 Å². The Bertz CT molecular complexity index is 1300. The molecule has 0 radical (unpaired) electrons. The zero-order chi connectivity index (χ0) is 23.1. The minimum Gasteiger partial charge on any atom is -0.386 e. The predicted octanol–water partition coefficient (Wildman–Crippen LogP) is 2.32. The van der Waals surface area contributed by atoms with E-state index in [1.165, 1.54) is 0 Å². The molecule has 3 heterocycles. The third kappa shape index (κ3) is 6.07. The fourth-order valence-corrected chi connectivity index (χ4v) is 4.26. The number of benzene rings is 1. The fraction of sp³-hybridized carbons (Fsp3) is 0.174. The molecule has 3 N–H and O–H groups in total. The summed E-state index contributed by atoms with van der Waals surface area (Å²) in [4.78, 5) is 10.8. The summed E-state index contributed by atoms with van der Waals surface area (Å²) < 4.78 is 27.4. The van der Waals surface area contributed by atoms with Gasteiger partial charge in [0.05, 0.1) is 10.5 Å². The van der Waals surface area contributed by atoms with Gasteiger partial charge in [0, 0.05) is 40.1 Å². The summed E-state index contributed by atoms with van der Waals surface area (Å²) in [5, 5.41) is 11.3. The van der Waals surface area contributed by atoms with E-state index >= 15 is 0 Å². The number of piperidine rings is 1. The van der Waals surface area contributed by atoms with E-state index in [2.05, 4.69) is 28.6 Å². The Morgan fingerprint density at radius 3 is 2.67 bits per heavy atom. The number of rotatable bonds is 5. The van der Waals surface area contributed by atoms with Crippen LogP contribution in [-0.4, -0.2) is 40.7 Å². The third-order valence-corrected chi connectivity index (χ3v) is 6.45. The van der Waals surface area contributed by atoms with Crippen molar-refractivity contribution >= 4 is 60.8 Å². The first-order valence-corrected chi connectivity index (χ1v) is 12.2. The van der Waals surface area contributed by atoms with Crippen molar-refractivity contribution < 1.29 is 38.3 Å². The van der Waals surface area contributed by atoms with Crippen LogP contribution in [0.5, 0.6) is 0 Å². The summed E-state index contributed by atoms with van der Waals surface area (Å²) in [6, 6.07) is 10.9. The number of fused-ring (bicyclic) bond motifs is 1. The first-order valence-electron chi connectivity index (χ1n) is 9.79. The van der Waals surface area contributed by atoms with Crippen molar-refractivity contribution in [2.75, 3.05) is 23.3 Å². The molecule has 0 atom stereocenters. The molecule has 0 aliphatic carbocycles. The van der Waals surface area contributed by atoms with Crippen molar-refractivity contribution in [1.82, 2.24) is 9.97 Å². The van der Waals surface area contributed by atoms with Crippen LogP contribution in [0.25, 0.3) is 16.6 Å². The van der Waals surface area contributed by atoms with Gasteiger partial charge in [0.25, 0.3) is 0 Å². The first-order chi connectivity index (χ1) is 15.0. The third-order valence-electron chi connectivity index (χ3n) is 5.16. The van der Waals surface area contributed by atoms with Crippen LogP contribution < -0.4 is 44.9 Å². The number of pyridine rings is 2. The minimum absolute atomic E-state index is 0. The van der Waals surface area contributed by atoms with E-state index in [1.54, 1.807) is 30.5 Å².